The van der Waals surface area contributed by atoms with Crippen LogP contribution in [0.1, 0.15) is 17.2 Å². The summed E-state index contributed by atoms with van der Waals surface area (Å²) in [4.78, 5) is 20.2. The number of hydrogen-bond acceptors (Lipinski definition) is 6. The maximum Gasteiger partial charge on any atom is 0.294 e. The van der Waals surface area contributed by atoms with Crippen molar-refractivity contribution in [3.05, 3.63) is 112 Å². The first-order valence-electron chi connectivity index (χ1n) is 10.8. The molecule has 0 fully saturated rings. The van der Waals surface area contributed by atoms with Gasteiger partial charge in [-0.25, -0.2) is 4.98 Å². The number of nitrogens with zero attached hydrogens (tertiary/aromatic N) is 4. The minimum absolute atomic E-state index is 0.243. The topological polar surface area (TPSA) is 89.6 Å². The molecule has 0 amide bonds. The summed E-state index contributed by atoms with van der Waals surface area (Å²) < 4.78 is 7.76. The largest absolute Gasteiger partial charge is 0.449 e. The maximum atomic E-state index is 12.6. The number of para-hydroxylation sites is 2. The van der Waals surface area contributed by atoms with Gasteiger partial charge in [0.25, 0.3) is 5.56 Å². The van der Waals surface area contributed by atoms with E-state index in [0.29, 0.717) is 29.1 Å². The summed E-state index contributed by atoms with van der Waals surface area (Å²) in [5.74, 6) is 1.83. The number of aromatic nitrogens is 5. The quantitative estimate of drug-likeness (QED) is 0.343. The number of nitrogens with one attached hydrogen (secondary N) is 1. The average molecular weight is 466 g/mol. The summed E-state index contributed by atoms with van der Waals surface area (Å²) in [7, 11) is 0. The van der Waals surface area contributed by atoms with Crippen LogP contribution in [0.2, 0.25) is 0 Å². The lowest BCUT2D eigenvalue weighted by Crippen LogP contribution is -2.10. The van der Waals surface area contributed by atoms with E-state index < -0.39 is 0 Å². The fraction of sp³-hybridized carbons (Fsp3) is 0.0769. The van der Waals surface area contributed by atoms with E-state index in [9.17, 15) is 4.79 Å². The van der Waals surface area contributed by atoms with Gasteiger partial charge >= 0.3 is 0 Å². The molecule has 3 aromatic carbocycles. The third-order valence-electron chi connectivity index (χ3n) is 5.54. The van der Waals surface area contributed by atoms with Crippen molar-refractivity contribution < 1.29 is 4.42 Å². The van der Waals surface area contributed by atoms with Gasteiger partial charge in [-0.15, -0.1) is 10.2 Å². The first-order chi connectivity index (χ1) is 16.8. The number of benzene rings is 3. The molecular weight excluding hydrogens is 446 g/mol. The Morgan fingerprint density at radius 3 is 2.44 bits per heavy atom. The normalized spacial score (nSPS) is 11.4. The highest BCUT2D eigenvalue weighted by molar-refractivity contribution is 7.98. The van der Waals surface area contributed by atoms with E-state index in [1.165, 1.54) is 11.8 Å². The highest BCUT2D eigenvalue weighted by atomic mass is 32.2. The zero-order chi connectivity index (χ0) is 22.9. The lowest BCUT2D eigenvalue weighted by Gasteiger charge is -2.10. The molecule has 6 aromatic rings. The Hall–Kier alpha value is -4.17. The predicted molar refractivity (Wildman–Crippen MR) is 132 cm³/mol. The highest BCUT2D eigenvalue weighted by Crippen LogP contribution is 2.28. The van der Waals surface area contributed by atoms with Crippen molar-refractivity contribution >= 4 is 33.8 Å². The van der Waals surface area contributed by atoms with E-state index in [0.717, 1.165) is 27.6 Å². The van der Waals surface area contributed by atoms with Crippen LogP contribution in [-0.4, -0.2) is 24.7 Å². The van der Waals surface area contributed by atoms with Crippen LogP contribution in [0.3, 0.4) is 0 Å². The Labute approximate surface area is 198 Å². The zero-order valence-corrected chi connectivity index (χ0v) is 18.8. The molecule has 0 aliphatic heterocycles. The van der Waals surface area contributed by atoms with Gasteiger partial charge in [-0.05, 0) is 29.8 Å². The van der Waals surface area contributed by atoms with Gasteiger partial charge in [0.15, 0.2) is 5.16 Å². The third-order valence-corrected chi connectivity index (χ3v) is 6.48. The summed E-state index contributed by atoms with van der Waals surface area (Å²) in [6.07, 6.45) is 0.658. The number of H-pyrrole nitrogens is 1. The standard InChI is InChI=1S/C26H19N5O2S/c32-25-24-23(19-13-7-8-14-20(19)33-24)27-21(28-25)16-34-26-30-29-22(15-17-9-3-1-4-10-17)31(26)18-11-5-2-6-12-18/h1-14H,15-16H2,(H,27,28,32). The Kier molecular flexibility index (Phi) is 5.20. The molecule has 0 spiro atoms. The number of fused-ring (bicyclic) bond motifs is 3. The van der Waals surface area contributed by atoms with Gasteiger partial charge in [0.1, 0.15) is 22.7 Å². The second-order valence-electron chi connectivity index (χ2n) is 7.81. The minimum Gasteiger partial charge on any atom is -0.449 e. The molecule has 0 radical (unpaired) electrons. The Morgan fingerprint density at radius 2 is 1.62 bits per heavy atom. The van der Waals surface area contributed by atoms with Gasteiger partial charge in [-0.3, -0.25) is 9.36 Å². The van der Waals surface area contributed by atoms with Crippen LogP contribution in [0.5, 0.6) is 0 Å². The molecule has 0 saturated heterocycles. The lowest BCUT2D eigenvalue weighted by molar-refractivity contribution is 0.660. The van der Waals surface area contributed by atoms with Crippen LogP contribution in [0, 0.1) is 0 Å². The van der Waals surface area contributed by atoms with Crippen LogP contribution in [0.15, 0.2) is 99.3 Å². The zero-order valence-electron chi connectivity index (χ0n) is 18.0. The summed E-state index contributed by atoms with van der Waals surface area (Å²) in [6, 6.07) is 27.8. The highest BCUT2D eigenvalue weighted by Gasteiger charge is 2.17. The number of thioether (sulfide) groups is 1. The van der Waals surface area contributed by atoms with E-state index in [1.807, 2.05) is 72.8 Å². The van der Waals surface area contributed by atoms with Crippen molar-refractivity contribution in [1.29, 1.82) is 0 Å². The molecule has 166 valence electrons. The van der Waals surface area contributed by atoms with Crippen molar-refractivity contribution in [3.63, 3.8) is 0 Å². The molecule has 3 aromatic heterocycles. The van der Waals surface area contributed by atoms with Crippen molar-refractivity contribution in [2.24, 2.45) is 0 Å². The molecule has 1 N–H and O–H groups in total. The monoisotopic (exact) mass is 465 g/mol. The number of furan rings is 1. The molecule has 3 heterocycles. The van der Waals surface area contributed by atoms with E-state index in [4.69, 9.17) is 4.42 Å². The fourth-order valence-corrected chi connectivity index (χ4v) is 4.81. The Bertz CT molecular complexity index is 1660. The summed E-state index contributed by atoms with van der Waals surface area (Å²) in [6.45, 7) is 0. The third kappa shape index (κ3) is 3.78. The van der Waals surface area contributed by atoms with Crippen LogP contribution in [-0.2, 0) is 12.2 Å². The molecule has 0 atom stereocenters. The molecule has 7 nitrogen and oxygen atoms in total. The molecule has 8 heteroatoms. The fourth-order valence-electron chi connectivity index (χ4n) is 3.97. The van der Waals surface area contributed by atoms with Gasteiger partial charge in [-0.1, -0.05) is 72.4 Å². The van der Waals surface area contributed by atoms with Gasteiger partial charge < -0.3 is 9.40 Å². The SMILES string of the molecule is O=c1[nH]c(CSc2nnc(Cc3ccccc3)n2-c2ccccc2)nc2c1oc1ccccc12. The van der Waals surface area contributed by atoms with E-state index in [-0.39, 0.29) is 11.1 Å². The second-order valence-corrected chi connectivity index (χ2v) is 8.75. The Balaban J connectivity index is 1.35. The molecule has 0 unspecified atom stereocenters. The van der Waals surface area contributed by atoms with E-state index in [2.05, 4.69) is 36.9 Å². The van der Waals surface area contributed by atoms with Gasteiger partial charge in [-0.2, -0.15) is 0 Å². The molecular formula is C26H19N5O2S. The molecule has 0 aliphatic rings. The first-order valence-corrected chi connectivity index (χ1v) is 11.8. The van der Waals surface area contributed by atoms with Crippen molar-refractivity contribution in [3.8, 4) is 5.69 Å². The van der Waals surface area contributed by atoms with Crippen molar-refractivity contribution in [1.82, 2.24) is 24.7 Å². The molecule has 6 rings (SSSR count). The van der Waals surface area contributed by atoms with Crippen molar-refractivity contribution in [2.45, 2.75) is 17.3 Å². The van der Waals surface area contributed by atoms with Crippen LogP contribution in [0.25, 0.3) is 27.8 Å². The van der Waals surface area contributed by atoms with Gasteiger partial charge in [0, 0.05) is 17.5 Å². The summed E-state index contributed by atoms with van der Waals surface area (Å²) >= 11 is 1.48. The summed E-state index contributed by atoms with van der Waals surface area (Å²) in [5.41, 5.74) is 3.32. The lowest BCUT2D eigenvalue weighted by atomic mass is 10.1. The number of hydrogen-bond donors (Lipinski definition) is 1. The summed E-state index contributed by atoms with van der Waals surface area (Å²) in [5, 5.41) is 10.5. The predicted octanol–water partition coefficient (Wildman–Crippen LogP) is 5.13. The van der Waals surface area contributed by atoms with Crippen LogP contribution >= 0.6 is 11.8 Å². The molecule has 34 heavy (non-hydrogen) atoms. The first kappa shape index (κ1) is 20.4. The Morgan fingerprint density at radius 1 is 0.882 bits per heavy atom. The van der Waals surface area contributed by atoms with Crippen LogP contribution in [0.4, 0.5) is 0 Å². The average Bonchev–Trinajstić information content (AvgIpc) is 3.45. The van der Waals surface area contributed by atoms with Gasteiger partial charge in [0.2, 0.25) is 5.58 Å². The maximum absolute atomic E-state index is 12.6. The smallest absolute Gasteiger partial charge is 0.294 e. The van der Waals surface area contributed by atoms with Crippen LogP contribution < -0.4 is 5.56 Å². The van der Waals surface area contributed by atoms with E-state index in [1.54, 1.807) is 0 Å². The van der Waals surface area contributed by atoms with E-state index >= 15 is 0 Å². The number of aromatic amines is 1. The minimum atomic E-state index is -0.286. The molecule has 0 bridgehead atoms. The molecule has 0 saturated carbocycles. The van der Waals surface area contributed by atoms with Gasteiger partial charge in [0.05, 0.1) is 5.75 Å². The molecule has 0 aliphatic carbocycles. The number of rotatable bonds is 6. The second kappa shape index (κ2) is 8.64. The van der Waals surface area contributed by atoms with Crippen molar-refractivity contribution in [2.75, 3.05) is 0 Å².